The van der Waals surface area contributed by atoms with E-state index in [1.54, 1.807) is 6.08 Å². The summed E-state index contributed by atoms with van der Waals surface area (Å²) in [5.41, 5.74) is 3.76. The number of hydrogen-bond acceptors (Lipinski definition) is 4. The van der Waals surface area contributed by atoms with Gasteiger partial charge in [0.2, 0.25) is 5.91 Å². The molecule has 0 aliphatic heterocycles. The molecule has 0 bridgehead atoms. The van der Waals surface area contributed by atoms with Crippen LogP contribution in [0.25, 0.3) is 11.1 Å². The number of carbonyl (C=O) groups excluding carboxylic acids is 2. The Morgan fingerprint density at radius 1 is 1.11 bits per heavy atom. The van der Waals surface area contributed by atoms with Crippen LogP contribution < -0.4 is 10.6 Å². The summed E-state index contributed by atoms with van der Waals surface area (Å²) in [7, 11) is 0. The van der Waals surface area contributed by atoms with E-state index in [0.29, 0.717) is 6.42 Å². The molecule has 2 aromatic rings. The second-order valence-corrected chi connectivity index (χ2v) is 9.64. The van der Waals surface area contributed by atoms with Crippen molar-refractivity contribution >= 4 is 18.0 Å². The van der Waals surface area contributed by atoms with Gasteiger partial charge in [0.1, 0.15) is 12.6 Å². The van der Waals surface area contributed by atoms with E-state index in [9.17, 15) is 19.5 Å². The van der Waals surface area contributed by atoms with Crippen molar-refractivity contribution in [2.45, 2.75) is 56.5 Å². The molecule has 0 heterocycles. The Morgan fingerprint density at radius 2 is 1.71 bits per heavy atom. The van der Waals surface area contributed by atoms with Gasteiger partial charge >= 0.3 is 12.1 Å². The van der Waals surface area contributed by atoms with Gasteiger partial charge in [-0.1, -0.05) is 54.6 Å². The molecule has 1 fully saturated rings. The molecular weight excluding hydrogens is 444 g/mol. The lowest BCUT2D eigenvalue weighted by molar-refractivity contribution is -0.142. The van der Waals surface area contributed by atoms with Crippen molar-refractivity contribution in [3.63, 3.8) is 0 Å². The Morgan fingerprint density at radius 3 is 2.26 bits per heavy atom. The van der Waals surface area contributed by atoms with Crippen LogP contribution in [0.5, 0.6) is 0 Å². The van der Waals surface area contributed by atoms with Crippen LogP contribution in [0.15, 0.2) is 61.2 Å². The Balaban J connectivity index is 1.38. The predicted molar refractivity (Wildman–Crippen MR) is 133 cm³/mol. The van der Waals surface area contributed by atoms with E-state index in [-0.39, 0.29) is 31.3 Å². The number of alkyl carbamates (subject to hydrolysis) is 1. The average Bonchev–Trinajstić information content (AvgIpc) is 3.64. The number of hydrogen-bond donors (Lipinski definition) is 3. The minimum absolute atomic E-state index is 0.0142. The summed E-state index contributed by atoms with van der Waals surface area (Å²) >= 11 is 0. The molecule has 2 unspecified atom stereocenters. The van der Waals surface area contributed by atoms with Gasteiger partial charge in [0.05, 0.1) is 5.54 Å². The van der Waals surface area contributed by atoms with Crippen molar-refractivity contribution < 1.29 is 24.2 Å². The Bertz CT molecular complexity index is 1080. The first-order valence-corrected chi connectivity index (χ1v) is 12.1. The fraction of sp³-hybridized carbons (Fsp3) is 0.393. The average molecular weight is 477 g/mol. The quantitative estimate of drug-likeness (QED) is 0.411. The normalized spacial score (nSPS) is 16.8. The first-order chi connectivity index (χ1) is 16.8. The number of carbonyl (C=O) groups is 3. The largest absolute Gasteiger partial charge is 0.480 e. The second kappa shape index (κ2) is 10.3. The SMILES string of the molecule is C=CCCC(NC(=O)CC(C)(NC(=O)OCC1c2ccccc2-c2ccccc21)C1CC1)C(=O)O. The van der Waals surface area contributed by atoms with Crippen LogP contribution in [-0.2, 0) is 14.3 Å². The molecular formula is C28H32N2O5. The first-order valence-electron chi connectivity index (χ1n) is 12.1. The third kappa shape index (κ3) is 5.56. The smallest absolute Gasteiger partial charge is 0.407 e. The maximum absolute atomic E-state index is 12.9. The van der Waals surface area contributed by atoms with Gasteiger partial charge in [-0.3, -0.25) is 4.79 Å². The fourth-order valence-corrected chi connectivity index (χ4v) is 5.00. The van der Waals surface area contributed by atoms with Crippen LogP contribution in [0, 0.1) is 5.92 Å². The molecule has 0 radical (unpaired) electrons. The lowest BCUT2D eigenvalue weighted by atomic mass is 9.91. The minimum atomic E-state index is -1.09. The molecule has 2 aromatic carbocycles. The zero-order valence-electron chi connectivity index (χ0n) is 20.0. The summed E-state index contributed by atoms with van der Waals surface area (Å²) in [6.45, 7) is 5.61. The van der Waals surface area contributed by atoms with Gasteiger partial charge < -0.3 is 20.5 Å². The Kier molecular flexibility index (Phi) is 7.24. The van der Waals surface area contributed by atoms with E-state index in [1.807, 2.05) is 31.2 Å². The standard InChI is InChI=1S/C28H32N2O5/c1-3-4-13-24(26(32)33)29-25(31)16-28(2,18-14-15-18)30-27(34)35-17-23-21-11-7-5-9-19(21)20-10-6-8-12-22(20)23/h3,5-12,18,23-24H,1,4,13-17H2,2H3,(H,29,31)(H,30,34)(H,32,33). The van der Waals surface area contributed by atoms with Gasteiger partial charge in [-0.15, -0.1) is 6.58 Å². The van der Waals surface area contributed by atoms with E-state index in [2.05, 4.69) is 41.5 Å². The third-order valence-electron chi connectivity index (χ3n) is 7.03. The minimum Gasteiger partial charge on any atom is -0.480 e. The molecule has 1 saturated carbocycles. The van der Waals surface area contributed by atoms with Crippen LogP contribution in [0.3, 0.4) is 0 Å². The van der Waals surface area contributed by atoms with Gasteiger partial charge in [-0.05, 0) is 60.8 Å². The van der Waals surface area contributed by atoms with Crippen molar-refractivity contribution in [3.05, 3.63) is 72.3 Å². The van der Waals surface area contributed by atoms with E-state index in [0.717, 1.165) is 35.1 Å². The molecule has 2 amide bonds. The summed E-state index contributed by atoms with van der Waals surface area (Å²) in [6, 6.07) is 15.3. The molecule has 7 heteroatoms. The molecule has 2 aliphatic rings. The number of carboxylic acid groups (broad SMARTS) is 1. The summed E-state index contributed by atoms with van der Waals surface area (Å²) in [6.07, 6.45) is 3.57. The molecule has 35 heavy (non-hydrogen) atoms. The van der Waals surface area contributed by atoms with Crippen LogP contribution in [0.4, 0.5) is 4.79 Å². The molecule has 3 N–H and O–H groups in total. The lowest BCUT2D eigenvalue weighted by Crippen LogP contribution is -2.52. The van der Waals surface area contributed by atoms with Crippen molar-refractivity contribution in [1.82, 2.24) is 10.6 Å². The molecule has 0 aromatic heterocycles. The lowest BCUT2D eigenvalue weighted by Gasteiger charge is -2.31. The summed E-state index contributed by atoms with van der Waals surface area (Å²) in [5.74, 6) is -1.40. The molecule has 4 rings (SSSR count). The van der Waals surface area contributed by atoms with Crippen molar-refractivity contribution in [2.24, 2.45) is 5.92 Å². The van der Waals surface area contributed by atoms with Crippen molar-refractivity contribution in [3.8, 4) is 11.1 Å². The number of benzene rings is 2. The van der Waals surface area contributed by atoms with E-state index < -0.39 is 29.6 Å². The molecule has 2 atom stereocenters. The summed E-state index contributed by atoms with van der Waals surface area (Å²) in [4.78, 5) is 37.0. The van der Waals surface area contributed by atoms with Gasteiger partial charge in [0, 0.05) is 12.3 Å². The first kappa shape index (κ1) is 24.5. The maximum Gasteiger partial charge on any atom is 0.407 e. The number of amides is 2. The van der Waals surface area contributed by atoms with Crippen LogP contribution in [-0.4, -0.2) is 41.3 Å². The number of nitrogens with one attached hydrogen (secondary N) is 2. The van der Waals surface area contributed by atoms with Gasteiger partial charge in [-0.25, -0.2) is 9.59 Å². The topological polar surface area (TPSA) is 105 Å². The van der Waals surface area contributed by atoms with Crippen LogP contribution in [0.2, 0.25) is 0 Å². The number of carboxylic acids is 1. The van der Waals surface area contributed by atoms with Crippen molar-refractivity contribution in [2.75, 3.05) is 6.61 Å². The second-order valence-electron chi connectivity index (χ2n) is 9.64. The Hall–Kier alpha value is -3.61. The number of fused-ring (bicyclic) bond motifs is 3. The Labute approximate surface area is 205 Å². The molecule has 7 nitrogen and oxygen atoms in total. The highest BCUT2D eigenvalue weighted by Crippen LogP contribution is 2.45. The maximum atomic E-state index is 12.9. The van der Waals surface area contributed by atoms with E-state index >= 15 is 0 Å². The van der Waals surface area contributed by atoms with E-state index in [4.69, 9.17) is 4.74 Å². The number of ether oxygens (including phenoxy) is 1. The van der Waals surface area contributed by atoms with E-state index in [1.165, 1.54) is 0 Å². The highest BCUT2D eigenvalue weighted by Gasteiger charge is 2.45. The highest BCUT2D eigenvalue weighted by atomic mass is 16.5. The fourth-order valence-electron chi connectivity index (χ4n) is 5.00. The third-order valence-corrected chi connectivity index (χ3v) is 7.03. The zero-order valence-corrected chi connectivity index (χ0v) is 20.0. The molecule has 0 spiro atoms. The van der Waals surface area contributed by atoms with Crippen LogP contribution >= 0.6 is 0 Å². The monoisotopic (exact) mass is 476 g/mol. The van der Waals surface area contributed by atoms with Gasteiger partial charge in [-0.2, -0.15) is 0 Å². The van der Waals surface area contributed by atoms with Gasteiger partial charge in [0.15, 0.2) is 0 Å². The molecule has 2 aliphatic carbocycles. The molecule has 0 saturated heterocycles. The van der Waals surface area contributed by atoms with Gasteiger partial charge in [0.25, 0.3) is 0 Å². The number of allylic oxidation sites excluding steroid dienone is 1. The highest BCUT2D eigenvalue weighted by molar-refractivity contribution is 5.85. The summed E-state index contributed by atoms with van der Waals surface area (Å²) in [5, 5.41) is 14.9. The molecule has 184 valence electrons. The number of aliphatic carboxylic acids is 1. The number of rotatable bonds is 11. The van der Waals surface area contributed by atoms with Crippen molar-refractivity contribution in [1.29, 1.82) is 0 Å². The summed E-state index contributed by atoms with van der Waals surface area (Å²) < 4.78 is 5.68. The predicted octanol–water partition coefficient (Wildman–Crippen LogP) is 4.62. The zero-order chi connectivity index (χ0) is 25.0. The van der Waals surface area contributed by atoms with Crippen LogP contribution in [0.1, 0.15) is 56.1 Å².